The number of rotatable bonds is 0. The molecular weight excluding hydrogens is 214 g/mol. The van der Waals surface area contributed by atoms with E-state index >= 15 is 0 Å². The fraction of sp³-hybridized carbons (Fsp3) is 0. The van der Waals surface area contributed by atoms with Gasteiger partial charge in [-0.3, -0.25) is 0 Å². The van der Waals surface area contributed by atoms with Crippen molar-refractivity contribution in [1.82, 2.24) is 0 Å². The van der Waals surface area contributed by atoms with Crippen molar-refractivity contribution in [3.8, 4) is 0 Å². The molecule has 2 nitrogen and oxygen atoms in total. The third-order valence-corrected chi connectivity index (χ3v) is 0. The first-order chi connectivity index (χ1) is 3.41. The fourth-order valence-corrected chi connectivity index (χ4v) is 0. The van der Waals surface area contributed by atoms with Crippen LogP contribution in [-0.2, 0) is 20.8 Å². The third-order valence-electron chi connectivity index (χ3n) is 0. The van der Waals surface area contributed by atoms with Crippen molar-refractivity contribution < 1.29 is 20.8 Å². The van der Waals surface area contributed by atoms with Crippen LogP contribution in [0.15, 0.2) is 0 Å². The third kappa shape index (κ3) is 243. The Morgan fingerprint density at radius 2 is 1.00 bits per heavy atom. The zero-order valence-corrected chi connectivity index (χ0v) is 7.53. The predicted molar refractivity (Wildman–Crippen MR) is 32.7 cm³/mol. The Morgan fingerprint density at radius 1 is 1.00 bits per heavy atom. The number of nitrogens with zero attached hydrogens (tertiary/aromatic N) is 2. The molecule has 0 aliphatic rings. The molecule has 0 amide bonds. The Morgan fingerprint density at radius 3 is 1.00 bits per heavy atom. The first-order valence-electron chi connectivity index (χ1n) is 1.01. The van der Waals surface area contributed by atoms with Gasteiger partial charge in [-0.1, -0.05) is 0 Å². The standard InChI is InChI=1S/2CH2N.2ClH.Zr/c2*1-2;;;/h2*1H2;2*1H;/q2*-1;;;+4/p-2. The molecule has 0 aromatic carbocycles. The van der Waals surface area contributed by atoms with Gasteiger partial charge >= 0.3 is 37.9 Å². The summed E-state index contributed by atoms with van der Waals surface area (Å²) in [5.74, 6) is 0. The Bertz CT molecular complexity index is 21.2. The van der Waals surface area contributed by atoms with Crippen LogP contribution in [0.2, 0.25) is 0 Å². The average molecular weight is 218 g/mol. The van der Waals surface area contributed by atoms with E-state index in [9.17, 15) is 0 Å². The van der Waals surface area contributed by atoms with E-state index in [0.29, 0.717) is 0 Å². The molecule has 0 spiro atoms. The van der Waals surface area contributed by atoms with Crippen LogP contribution in [0.5, 0.6) is 0 Å². The van der Waals surface area contributed by atoms with Crippen LogP contribution in [0.25, 0.3) is 10.8 Å². The molecule has 0 N–H and O–H groups in total. The Hall–Kier alpha value is 0.803. The summed E-state index contributed by atoms with van der Waals surface area (Å²) in [6.45, 7) is 4.50. The Labute approximate surface area is 61.9 Å². The SMILES string of the molecule is C=[N-].C=[N-].[Cl][Zr+2][Cl]. The summed E-state index contributed by atoms with van der Waals surface area (Å²) in [5.41, 5.74) is 0. The van der Waals surface area contributed by atoms with E-state index in [1.54, 1.807) is 0 Å². The summed E-state index contributed by atoms with van der Waals surface area (Å²) in [7, 11) is 9.87. The first kappa shape index (κ1) is 15.7. The van der Waals surface area contributed by atoms with E-state index in [1.165, 1.54) is 0 Å². The normalized spacial score (nSPS) is 2.57. The van der Waals surface area contributed by atoms with Gasteiger partial charge in [-0.2, -0.15) is 0 Å². The second-order valence-corrected chi connectivity index (χ2v) is 3.80. The minimum atomic E-state index is -0.826. The van der Waals surface area contributed by atoms with E-state index in [1.807, 2.05) is 0 Å². The summed E-state index contributed by atoms with van der Waals surface area (Å²) in [6, 6.07) is 0. The molecule has 0 heterocycles. The van der Waals surface area contributed by atoms with Crippen molar-refractivity contribution in [2.75, 3.05) is 0 Å². The summed E-state index contributed by atoms with van der Waals surface area (Å²) in [6.07, 6.45) is 0. The monoisotopic (exact) mass is 216 g/mol. The van der Waals surface area contributed by atoms with Crippen molar-refractivity contribution in [3.63, 3.8) is 0 Å². The van der Waals surface area contributed by atoms with E-state index < -0.39 is 20.8 Å². The molecule has 0 aliphatic heterocycles. The van der Waals surface area contributed by atoms with Gasteiger partial charge in [-0.25, -0.2) is 13.4 Å². The van der Waals surface area contributed by atoms with Crippen LogP contribution in [0, 0.1) is 0 Å². The van der Waals surface area contributed by atoms with Gasteiger partial charge in [0.05, 0.1) is 0 Å². The van der Waals surface area contributed by atoms with Gasteiger partial charge in [-0.15, -0.1) is 0 Å². The van der Waals surface area contributed by atoms with Crippen LogP contribution in [0.3, 0.4) is 0 Å². The van der Waals surface area contributed by atoms with Gasteiger partial charge in [0.25, 0.3) is 0 Å². The van der Waals surface area contributed by atoms with E-state index in [4.69, 9.17) is 27.8 Å². The second-order valence-electron chi connectivity index (χ2n) is 0.0714. The molecule has 0 rings (SSSR count). The van der Waals surface area contributed by atoms with Crippen molar-refractivity contribution >= 4 is 30.5 Å². The molecule has 0 unspecified atom stereocenters. The molecule has 0 aliphatic carbocycles. The van der Waals surface area contributed by atoms with Gasteiger partial charge in [0, 0.05) is 0 Å². The van der Waals surface area contributed by atoms with Gasteiger partial charge in [0.2, 0.25) is 0 Å². The average Bonchev–Trinajstić information content (AvgIpc) is 1.78. The van der Waals surface area contributed by atoms with Gasteiger partial charge in [0.15, 0.2) is 0 Å². The van der Waals surface area contributed by atoms with E-state index in [-0.39, 0.29) is 0 Å². The summed E-state index contributed by atoms with van der Waals surface area (Å²) >= 11 is -0.826. The fourth-order valence-electron chi connectivity index (χ4n) is 0. The Balaban J connectivity index is -0.0000000360. The molecule has 0 saturated heterocycles. The van der Waals surface area contributed by atoms with Crippen molar-refractivity contribution in [2.45, 2.75) is 0 Å². The molecule has 0 aromatic heterocycles. The molecule has 0 radical (unpaired) electrons. The molecule has 0 saturated carbocycles. The van der Waals surface area contributed by atoms with Crippen LogP contribution >= 0.6 is 17.0 Å². The quantitative estimate of drug-likeness (QED) is 0.557. The summed E-state index contributed by atoms with van der Waals surface area (Å²) < 4.78 is 0. The van der Waals surface area contributed by atoms with Gasteiger partial charge in [0.1, 0.15) is 0 Å². The van der Waals surface area contributed by atoms with Crippen LogP contribution in [0.1, 0.15) is 0 Å². The summed E-state index contributed by atoms with van der Waals surface area (Å²) in [4.78, 5) is 0. The van der Waals surface area contributed by atoms with Crippen molar-refractivity contribution in [3.05, 3.63) is 10.8 Å². The Kier molecular flexibility index (Phi) is 158. The number of halogens is 2. The maximum absolute atomic E-state index is 6.75. The zero-order chi connectivity index (χ0) is 6.71. The molecule has 0 aromatic rings. The summed E-state index contributed by atoms with van der Waals surface area (Å²) in [5, 5.41) is 13.5. The second kappa shape index (κ2) is 70.5. The van der Waals surface area contributed by atoms with Crippen molar-refractivity contribution in [1.29, 1.82) is 0 Å². The van der Waals surface area contributed by atoms with Crippen molar-refractivity contribution in [2.24, 2.45) is 0 Å². The van der Waals surface area contributed by atoms with Crippen LogP contribution < -0.4 is 0 Å². The molecule has 7 heavy (non-hydrogen) atoms. The molecule has 5 heteroatoms. The maximum atomic E-state index is 6.75. The van der Waals surface area contributed by atoms with Gasteiger partial charge in [-0.05, 0) is 0 Å². The molecular formula is C2H4Cl2N2Zr. The van der Waals surface area contributed by atoms with Gasteiger partial charge < -0.3 is 10.8 Å². The zero-order valence-electron chi connectivity index (χ0n) is 3.56. The first-order valence-corrected chi connectivity index (χ1v) is 7.34. The minimum absolute atomic E-state index is 0.826. The topological polar surface area (TPSA) is 44.6 Å². The van der Waals surface area contributed by atoms with E-state index in [2.05, 4.69) is 13.4 Å². The number of hydrogen-bond acceptors (Lipinski definition) is 0. The molecule has 0 bridgehead atoms. The van der Waals surface area contributed by atoms with E-state index in [0.717, 1.165) is 0 Å². The van der Waals surface area contributed by atoms with Crippen LogP contribution in [-0.4, -0.2) is 13.4 Å². The molecule has 0 fully saturated rings. The predicted octanol–water partition coefficient (Wildman–Crippen LogP) is 1.89. The molecule has 0 atom stereocenters. The molecule has 40 valence electrons. The van der Waals surface area contributed by atoms with Crippen LogP contribution in [0.4, 0.5) is 0 Å². The number of hydrogen-bond donors (Lipinski definition) is 0.